The van der Waals surface area contributed by atoms with Crippen LogP contribution in [-0.4, -0.2) is 28.8 Å². The van der Waals surface area contributed by atoms with Gasteiger partial charge >= 0.3 is 0 Å². The molecule has 4 nitrogen and oxygen atoms in total. The molecular formula is C15H26N2O2. The molecule has 2 aliphatic rings. The first-order chi connectivity index (χ1) is 8.80. The summed E-state index contributed by atoms with van der Waals surface area (Å²) >= 11 is 0. The summed E-state index contributed by atoms with van der Waals surface area (Å²) < 4.78 is 0. The third kappa shape index (κ3) is 2.69. The van der Waals surface area contributed by atoms with E-state index < -0.39 is 5.54 Å². The first-order valence-electron chi connectivity index (χ1n) is 7.36. The van der Waals surface area contributed by atoms with Crippen molar-refractivity contribution in [3.63, 3.8) is 0 Å². The number of amides is 2. The van der Waals surface area contributed by atoms with E-state index in [1.807, 2.05) is 13.8 Å². The number of rotatable bonds is 2. The average molecular weight is 266 g/mol. The molecule has 19 heavy (non-hydrogen) atoms. The summed E-state index contributed by atoms with van der Waals surface area (Å²) in [5, 5.41) is 0. The van der Waals surface area contributed by atoms with Crippen LogP contribution in [0, 0.1) is 11.3 Å². The van der Waals surface area contributed by atoms with Gasteiger partial charge in [-0.2, -0.15) is 0 Å². The largest absolute Gasteiger partial charge is 0.328 e. The lowest BCUT2D eigenvalue weighted by Crippen LogP contribution is -2.63. The van der Waals surface area contributed by atoms with Gasteiger partial charge in [-0.25, -0.2) is 0 Å². The van der Waals surface area contributed by atoms with Crippen LogP contribution in [0.1, 0.15) is 59.3 Å². The van der Waals surface area contributed by atoms with E-state index in [-0.39, 0.29) is 17.2 Å². The van der Waals surface area contributed by atoms with Gasteiger partial charge in [0.15, 0.2) is 0 Å². The molecule has 1 saturated carbocycles. The maximum atomic E-state index is 12.4. The highest BCUT2D eigenvalue weighted by molar-refractivity contribution is 5.99. The molecule has 2 N–H and O–H groups in total. The van der Waals surface area contributed by atoms with Crippen LogP contribution >= 0.6 is 0 Å². The fourth-order valence-corrected chi connectivity index (χ4v) is 3.82. The van der Waals surface area contributed by atoms with E-state index in [1.54, 1.807) is 0 Å². The first-order valence-corrected chi connectivity index (χ1v) is 7.36. The third-order valence-corrected chi connectivity index (χ3v) is 4.68. The lowest BCUT2D eigenvalue weighted by Gasteiger charge is -2.49. The van der Waals surface area contributed by atoms with Gasteiger partial charge in [0.25, 0.3) is 0 Å². The Labute approximate surface area is 115 Å². The molecule has 2 unspecified atom stereocenters. The van der Waals surface area contributed by atoms with Crippen LogP contribution in [0.2, 0.25) is 0 Å². The average Bonchev–Trinajstić information content (AvgIpc) is 2.26. The zero-order valence-corrected chi connectivity index (χ0v) is 12.4. The highest BCUT2D eigenvalue weighted by Crippen LogP contribution is 2.41. The molecule has 2 amide bonds. The first kappa shape index (κ1) is 14.5. The minimum Gasteiger partial charge on any atom is -0.328 e. The zero-order valence-electron chi connectivity index (χ0n) is 12.4. The number of nitrogens with two attached hydrogens (primary N) is 1. The van der Waals surface area contributed by atoms with Gasteiger partial charge in [0.1, 0.15) is 0 Å². The molecule has 1 heterocycles. The molecule has 1 saturated heterocycles. The summed E-state index contributed by atoms with van der Waals surface area (Å²) in [6.45, 7) is 6.55. The molecule has 2 atom stereocenters. The monoisotopic (exact) mass is 266 g/mol. The zero-order chi connectivity index (χ0) is 14.3. The number of likely N-dealkylation sites (tertiary alicyclic amines) is 1. The van der Waals surface area contributed by atoms with Crippen LogP contribution < -0.4 is 5.73 Å². The van der Waals surface area contributed by atoms with Crippen molar-refractivity contribution in [1.82, 2.24) is 4.90 Å². The van der Waals surface area contributed by atoms with Crippen molar-refractivity contribution in [2.24, 2.45) is 17.1 Å². The number of hydrogen-bond acceptors (Lipinski definition) is 3. The lowest BCUT2D eigenvalue weighted by atomic mass is 9.72. The highest BCUT2D eigenvalue weighted by Gasteiger charge is 2.49. The Balaban J connectivity index is 2.28. The molecule has 0 radical (unpaired) electrons. The standard InChI is InChI=1S/C15H26N2O2/c1-11-5-4-6-15(7-11,10-16)17-12(18)8-14(2,3)9-13(17)19/h11H,4-10,16H2,1-3H3. The SMILES string of the molecule is CC1CCCC(CN)(N2C(=O)CC(C)(C)CC2=O)C1. The van der Waals surface area contributed by atoms with Gasteiger partial charge in [-0.15, -0.1) is 0 Å². The van der Waals surface area contributed by atoms with Crippen LogP contribution in [0.3, 0.4) is 0 Å². The quantitative estimate of drug-likeness (QED) is 0.778. The molecule has 2 fully saturated rings. The number of nitrogens with zero attached hydrogens (tertiary/aromatic N) is 1. The van der Waals surface area contributed by atoms with Gasteiger partial charge in [-0.1, -0.05) is 33.6 Å². The van der Waals surface area contributed by atoms with Gasteiger partial charge in [0, 0.05) is 19.4 Å². The van der Waals surface area contributed by atoms with Crippen molar-refractivity contribution >= 4 is 11.8 Å². The molecule has 108 valence electrons. The molecule has 0 bridgehead atoms. The van der Waals surface area contributed by atoms with E-state index in [0.29, 0.717) is 25.3 Å². The number of piperidine rings is 1. The van der Waals surface area contributed by atoms with E-state index in [4.69, 9.17) is 5.73 Å². The summed E-state index contributed by atoms with van der Waals surface area (Å²) in [7, 11) is 0. The van der Waals surface area contributed by atoms with Crippen LogP contribution in [-0.2, 0) is 9.59 Å². The summed E-state index contributed by atoms with van der Waals surface area (Å²) in [4.78, 5) is 26.4. The predicted molar refractivity (Wildman–Crippen MR) is 74.3 cm³/mol. The summed E-state index contributed by atoms with van der Waals surface area (Å²) in [5.41, 5.74) is 5.36. The second-order valence-electron chi connectivity index (χ2n) is 7.27. The minimum absolute atomic E-state index is 0.0270. The number of carbonyl (C=O) groups excluding carboxylic acids is 2. The number of carbonyl (C=O) groups is 2. The predicted octanol–water partition coefficient (Wildman–Crippen LogP) is 2.07. The lowest BCUT2D eigenvalue weighted by molar-refractivity contribution is -0.162. The van der Waals surface area contributed by atoms with Gasteiger partial charge in [-0.3, -0.25) is 14.5 Å². The number of imide groups is 1. The normalized spacial score (nSPS) is 35.6. The molecular weight excluding hydrogens is 240 g/mol. The topological polar surface area (TPSA) is 63.4 Å². The molecule has 0 aromatic heterocycles. The fraction of sp³-hybridized carbons (Fsp3) is 0.867. The molecule has 2 rings (SSSR count). The van der Waals surface area contributed by atoms with Crippen LogP contribution in [0.15, 0.2) is 0 Å². The van der Waals surface area contributed by atoms with Crippen LogP contribution in [0.5, 0.6) is 0 Å². The number of hydrogen-bond donors (Lipinski definition) is 1. The second kappa shape index (κ2) is 4.89. The third-order valence-electron chi connectivity index (χ3n) is 4.68. The summed E-state index contributed by atoms with van der Waals surface area (Å²) in [5.74, 6) is 0.481. The van der Waals surface area contributed by atoms with Crippen LogP contribution in [0.4, 0.5) is 0 Å². The molecule has 1 aliphatic heterocycles. The Morgan fingerprint density at radius 3 is 2.32 bits per heavy atom. The summed E-state index contributed by atoms with van der Waals surface area (Å²) in [6, 6.07) is 0. The maximum Gasteiger partial charge on any atom is 0.230 e. The van der Waals surface area contributed by atoms with Crippen molar-refractivity contribution in [1.29, 1.82) is 0 Å². The second-order valence-corrected chi connectivity index (χ2v) is 7.27. The van der Waals surface area contributed by atoms with Crippen molar-refractivity contribution in [3.8, 4) is 0 Å². The van der Waals surface area contributed by atoms with E-state index in [1.165, 1.54) is 11.3 Å². The van der Waals surface area contributed by atoms with Gasteiger partial charge in [0.2, 0.25) is 11.8 Å². The smallest absolute Gasteiger partial charge is 0.230 e. The van der Waals surface area contributed by atoms with Crippen molar-refractivity contribution in [2.75, 3.05) is 6.54 Å². The Kier molecular flexibility index (Phi) is 3.74. The Morgan fingerprint density at radius 2 is 1.84 bits per heavy atom. The molecule has 4 heteroatoms. The fourth-order valence-electron chi connectivity index (χ4n) is 3.82. The van der Waals surface area contributed by atoms with Gasteiger partial charge in [-0.05, 0) is 24.2 Å². The highest BCUT2D eigenvalue weighted by atomic mass is 16.2. The molecule has 0 aromatic rings. The molecule has 0 aromatic carbocycles. The summed E-state index contributed by atoms with van der Waals surface area (Å²) in [6.07, 6.45) is 4.86. The minimum atomic E-state index is -0.414. The van der Waals surface area contributed by atoms with E-state index in [9.17, 15) is 9.59 Å². The Hall–Kier alpha value is -0.900. The molecule has 0 spiro atoms. The van der Waals surface area contributed by atoms with Gasteiger partial charge in [0.05, 0.1) is 5.54 Å². The van der Waals surface area contributed by atoms with E-state index in [0.717, 1.165) is 19.3 Å². The van der Waals surface area contributed by atoms with Crippen LogP contribution in [0.25, 0.3) is 0 Å². The van der Waals surface area contributed by atoms with E-state index >= 15 is 0 Å². The van der Waals surface area contributed by atoms with Crippen molar-refractivity contribution in [2.45, 2.75) is 64.8 Å². The molecule has 1 aliphatic carbocycles. The van der Waals surface area contributed by atoms with Crippen molar-refractivity contribution in [3.05, 3.63) is 0 Å². The van der Waals surface area contributed by atoms with E-state index in [2.05, 4.69) is 6.92 Å². The van der Waals surface area contributed by atoms with Crippen molar-refractivity contribution < 1.29 is 9.59 Å². The Bertz CT molecular complexity index is 372. The van der Waals surface area contributed by atoms with Gasteiger partial charge < -0.3 is 5.73 Å². The Morgan fingerprint density at radius 1 is 1.26 bits per heavy atom. The maximum absolute atomic E-state index is 12.4.